The van der Waals surface area contributed by atoms with Crippen LogP contribution in [0.15, 0.2) is 0 Å². The maximum atomic E-state index is 9.60. The molecule has 0 aliphatic rings. The number of carbonyl (C=O) groups is 1. The number of rotatable bonds is 4. The minimum absolute atomic E-state index is 0.361. The van der Waals surface area contributed by atoms with Crippen molar-refractivity contribution in [2.45, 2.75) is 19.4 Å². The number of aliphatic hydroxyl groups excluding tert-OH is 1. The molecule has 0 rings (SSSR count). The standard InChI is InChI=1S/C5H11NO2/c1-2-5(8)3-6-4-7/h4-5,8H,2-3H2,1H3,(H,6,7). The Hall–Kier alpha value is -0.570. The Morgan fingerprint density at radius 3 is 2.88 bits per heavy atom. The first-order valence-electron chi connectivity index (χ1n) is 2.66. The van der Waals surface area contributed by atoms with Crippen LogP contribution in [0.5, 0.6) is 0 Å². The lowest BCUT2D eigenvalue weighted by Gasteiger charge is -2.03. The van der Waals surface area contributed by atoms with E-state index in [0.717, 1.165) is 0 Å². The van der Waals surface area contributed by atoms with Gasteiger partial charge in [0.2, 0.25) is 6.41 Å². The fraction of sp³-hybridized carbons (Fsp3) is 0.800. The van der Waals surface area contributed by atoms with E-state index >= 15 is 0 Å². The van der Waals surface area contributed by atoms with Crippen LogP contribution in [0.2, 0.25) is 0 Å². The zero-order valence-electron chi connectivity index (χ0n) is 4.92. The molecule has 1 unspecified atom stereocenters. The molecule has 0 heterocycles. The molecule has 1 amide bonds. The highest BCUT2D eigenvalue weighted by atomic mass is 16.3. The summed E-state index contributed by atoms with van der Waals surface area (Å²) in [5.74, 6) is 0. The normalized spacial score (nSPS) is 12.8. The Kier molecular flexibility index (Phi) is 4.26. The maximum absolute atomic E-state index is 9.60. The van der Waals surface area contributed by atoms with Gasteiger partial charge in [0, 0.05) is 6.54 Å². The van der Waals surface area contributed by atoms with Crippen LogP contribution in [0.25, 0.3) is 0 Å². The highest BCUT2D eigenvalue weighted by molar-refractivity contribution is 5.45. The molecule has 0 radical (unpaired) electrons. The van der Waals surface area contributed by atoms with Crippen molar-refractivity contribution in [3.63, 3.8) is 0 Å². The topological polar surface area (TPSA) is 49.3 Å². The first kappa shape index (κ1) is 7.43. The molecular weight excluding hydrogens is 106 g/mol. The van der Waals surface area contributed by atoms with E-state index in [-0.39, 0.29) is 6.10 Å². The second kappa shape index (κ2) is 4.59. The summed E-state index contributed by atoms with van der Waals surface area (Å²) < 4.78 is 0. The minimum atomic E-state index is -0.389. The first-order chi connectivity index (χ1) is 3.81. The Labute approximate surface area is 48.7 Å². The SMILES string of the molecule is CCC(O)CNC=O. The molecule has 1 atom stereocenters. The van der Waals surface area contributed by atoms with E-state index in [2.05, 4.69) is 5.32 Å². The Balaban J connectivity index is 2.97. The molecule has 3 heteroatoms. The Morgan fingerprint density at radius 2 is 2.50 bits per heavy atom. The lowest BCUT2D eigenvalue weighted by atomic mass is 10.3. The molecule has 8 heavy (non-hydrogen) atoms. The molecule has 0 aromatic rings. The molecule has 2 N–H and O–H groups in total. The Bertz CT molecular complexity index is 65.4. The van der Waals surface area contributed by atoms with Crippen molar-refractivity contribution in [1.82, 2.24) is 5.32 Å². The summed E-state index contributed by atoms with van der Waals surface area (Å²) in [6, 6.07) is 0. The molecule has 0 aliphatic carbocycles. The number of hydrogen-bond acceptors (Lipinski definition) is 2. The van der Waals surface area contributed by atoms with Gasteiger partial charge in [0.15, 0.2) is 0 Å². The maximum Gasteiger partial charge on any atom is 0.207 e. The van der Waals surface area contributed by atoms with Gasteiger partial charge in [-0.3, -0.25) is 4.79 Å². The van der Waals surface area contributed by atoms with Crippen LogP contribution in [-0.4, -0.2) is 24.2 Å². The van der Waals surface area contributed by atoms with Gasteiger partial charge in [-0.15, -0.1) is 0 Å². The number of hydrogen-bond donors (Lipinski definition) is 2. The van der Waals surface area contributed by atoms with Crippen LogP contribution in [0.1, 0.15) is 13.3 Å². The van der Waals surface area contributed by atoms with Gasteiger partial charge >= 0.3 is 0 Å². The molecule has 0 bridgehead atoms. The molecule has 0 aliphatic heterocycles. The van der Waals surface area contributed by atoms with E-state index in [9.17, 15) is 4.79 Å². The van der Waals surface area contributed by atoms with Crippen molar-refractivity contribution in [1.29, 1.82) is 0 Å². The summed E-state index contributed by atoms with van der Waals surface area (Å²) in [4.78, 5) is 9.60. The summed E-state index contributed by atoms with van der Waals surface area (Å²) in [7, 11) is 0. The largest absolute Gasteiger partial charge is 0.391 e. The predicted octanol–water partition coefficient (Wildman–Crippen LogP) is -0.497. The lowest BCUT2D eigenvalue weighted by Crippen LogP contribution is -2.24. The third-order valence-corrected chi connectivity index (χ3v) is 0.908. The summed E-state index contributed by atoms with van der Waals surface area (Å²) in [6.07, 6.45) is 0.875. The molecule has 0 spiro atoms. The number of aliphatic hydroxyl groups is 1. The Morgan fingerprint density at radius 1 is 1.88 bits per heavy atom. The number of carbonyl (C=O) groups excluding carboxylic acids is 1. The minimum Gasteiger partial charge on any atom is -0.391 e. The summed E-state index contributed by atoms with van der Waals surface area (Å²) in [5, 5.41) is 11.1. The zero-order chi connectivity index (χ0) is 6.41. The van der Waals surface area contributed by atoms with E-state index in [0.29, 0.717) is 19.4 Å². The highest BCUT2D eigenvalue weighted by Gasteiger charge is 1.95. The molecule has 3 nitrogen and oxygen atoms in total. The molecule has 0 fully saturated rings. The zero-order valence-corrected chi connectivity index (χ0v) is 4.92. The lowest BCUT2D eigenvalue weighted by molar-refractivity contribution is -0.109. The van der Waals surface area contributed by atoms with Gasteiger partial charge in [-0.05, 0) is 6.42 Å². The number of nitrogens with one attached hydrogen (secondary N) is 1. The molecule has 0 aromatic carbocycles. The molecule has 0 saturated carbocycles. The highest BCUT2D eigenvalue weighted by Crippen LogP contribution is 1.83. The van der Waals surface area contributed by atoms with Gasteiger partial charge in [-0.25, -0.2) is 0 Å². The van der Waals surface area contributed by atoms with Crippen molar-refractivity contribution < 1.29 is 9.90 Å². The van der Waals surface area contributed by atoms with Gasteiger partial charge in [-0.1, -0.05) is 6.92 Å². The van der Waals surface area contributed by atoms with Gasteiger partial charge in [0.1, 0.15) is 0 Å². The second-order valence-electron chi connectivity index (χ2n) is 1.59. The van der Waals surface area contributed by atoms with Crippen LogP contribution < -0.4 is 5.32 Å². The van der Waals surface area contributed by atoms with E-state index < -0.39 is 0 Å². The van der Waals surface area contributed by atoms with Crippen molar-refractivity contribution >= 4 is 6.41 Å². The van der Waals surface area contributed by atoms with E-state index in [1.807, 2.05) is 6.92 Å². The summed E-state index contributed by atoms with van der Waals surface area (Å²) in [6.45, 7) is 2.22. The fourth-order valence-electron chi connectivity index (χ4n) is 0.328. The van der Waals surface area contributed by atoms with Crippen LogP contribution in [-0.2, 0) is 4.79 Å². The van der Waals surface area contributed by atoms with Gasteiger partial charge < -0.3 is 10.4 Å². The van der Waals surface area contributed by atoms with Crippen molar-refractivity contribution in [2.75, 3.05) is 6.54 Å². The molecule has 0 saturated heterocycles. The molecular formula is C5H11NO2. The quantitative estimate of drug-likeness (QED) is 0.488. The van der Waals surface area contributed by atoms with Crippen LogP contribution in [0, 0.1) is 0 Å². The van der Waals surface area contributed by atoms with Crippen molar-refractivity contribution in [3.8, 4) is 0 Å². The van der Waals surface area contributed by atoms with Crippen LogP contribution in [0.3, 0.4) is 0 Å². The van der Waals surface area contributed by atoms with Gasteiger partial charge in [0.25, 0.3) is 0 Å². The first-order valence-corrected chi connectivity index (χ1v) is 2.66. The third-order valence-electron chi connectivity index (χ3n) is 0.908. The van der Waals surface area contributed by atoms with Gasteiger partial charge in [-0.2, -0.15) is 0 Å². The summed E-state index contributed by atoms with van der Waals surface area (Å²) >= 11 is 0. The van der Waals surface area contributed by atoms with Crippen molar-refractivity contribution in [3.05, 3.63) is 0 Å². The van der Waals surface area contributed by atoms with E-state index in [1.165, 1.54) is 0 Å². The molecule has 48 valence electrons. The average molecular weight is 117 g/mol. The van der Waals surface area contributed by atoms with Crippen LogP contribution in [0.4, 0.5) is 0 Å². The predicted molar refractivity (Wildman–Crippen MR) is 30.4 cm³/mol. The fourth-order valence-corrected chi connectivity index (χ4v) is 0.328. The average Bonchev–Trinajstić information content (AvgIpc) is 1.83. The third kappa shape index (κ3) is 3.61. The second-order valence-corrected chi connectivity index (χ2v) is 1.59. The smallest absolute Gasteiger partial charge is 0.207 e. The van der Waals surface area contributed by atoms with E-state index in [1.54, 1.807) is 0 Å². The van der Waals surface area contributed by atoms with Gasteiger partial charge in [0.05, 0.1) is 6.10 Å². The number of amides is 1. The van der Waals surface area contributed by atoms with Crippen molar-refractivity contribution in [2.24, 2.45) is 0 Å². The monoisotopic (exact) mass is 117 g/mol. The molecule has 0 aromatic heterocycles. The van der Waals surface area contributed by atoms with Crippen LogP contribution >= 0.6 is 0 Å². The van der Waals surface area contributed by atoms with E-state index in [4.69, 9.17) is 5.11 Å². The summed E-state index contributed by atoms with van der Waals surface area (Å²) in [5.41, 5.74) is 0.